The van der Waals surface area contributed by atoms with E-state index in [1.807, 2.05) is 0 Å². The Hall–Kier alpha value is -1.95. The summed E-state index contributed by atoms with van der Waals surface area (Å²) in [7, 11) is 1.80. The highest BCUT2D eigenvalue weighted by molar-refractivity contribution is 5.80. The van der Waals surface area contributed by atoms with Crippen LogP contribution in [0, 0.1) is 12.3 Å². The number of aliphatic imine (C=N–C) groups is 1. The Bertz CT molecular complexity index is 445. The lowest BCUT2D eigenvalue weighted by atomic mass is 9.99. The van der Waals surface area contributed by atoms with Gasteiger partial charge in [0.2, 0.25) is 0 Å². The molecular formula is C15H19N3. The van der Waals surface area contributed by atoms with E-state index in [1.165, 1.54) is 12.0 Å². The molecule has 0 radical (unpaired) electrons. The monoisotopic (exact) mass is 241 g/mol. The molecule has 1 fully saturated rings. The van der Waals surface area contributed by atoms with E-state index in [9.17, 15) is 0 Å². The van der Waals surface area contributed by atoms with Crippen molar-refractivity contribution in [2.45, 2.75) is 12.3 Å². The number of likely N-dealkylation sites (tertiary alicyclic amines) is 1. The van der Waals surface area contributed by atoms with E-state index < -0.39 is 0 Å². The normalized spacial score (nSPS) is 19.7. The number of terminal acetylenes is 1. The van der Waals surface area contributed by atoms with Gasteiger partial charge in [-0.15, -0.1) is 6.42 Å². The third-order valence-corrected chi connectivity index (χ3v) is 3.32. The molecule has 1 aromatic carbocycles. The van der Waals surface area contributed by atoms with E-state index >= 15 is 0 Å². The minimum atomic E-state index is 0.527. The van der Waals surface area contributed by atoms with Crippen molar-refractivity contribution in [3.8, 4) is 12.3 Å². The molecule has 1 aromatic rings. The van der Waals surface area contributed by atoms with Gasteiger partial charge in [0.1, 0.15) is 0 Å². The minimum absolute atomic E-state index is 0.527. The first-order chi connectivity index (χ1) is 8.85. The first kappa shape index (κ1) is 12.5. The molecule has 1 aliphatic heterocycles. The van der Waals surface area contributed by atoms with E-state index in [1.54, 1.807) is 7.05 Å². The fraction of sp³-hybridized carbons (Fsp3) is 0.400. The van der Waals surface area contributed by atoms with Crippen LogP contribution in [0.5, 0.6) is 0 Å². The zero-order chi connectivity index (χ0) is 12.8. The number of nitrogens with zero attached hydrogens (tertiary/aromatic N) is 2. The highest BCUT2D eigenvalue weighted by Gasteiger charge is 2.25. The van der Waals surface area contributed by atoms with Crippen molar-refractivity contribution in [2.75, 3.05) is 26.7 Å². The number of hydrogen-bond donors (Lipinski definition) is 1. The van der Waals surface area contributed by atoms with Gasteiger partial charge in [-0.25, -0.2) is 0 Å². The van der Waals surface area contributed by atoms with Crippen molar-refractivity contribution < 1.29 is 0 Å². The summed E-state index contributed by atoms with van der Waals surface area (Å²) in [6, 6.07) is 10.7. The second-order valence-electron chi connectivity index (χ2n) is 4.45. The van der Waals surface area contributed by atoms with Gasteiger partial charge in [0.25, 0.3) is 0 Å². The summed E-state index contributed by atoms with van der Waals surface area (Å²) in [5, 5.41) is 3.17. The van der Waals surface area contributed by atoms with Crippen molar-refractivity contribution in [3.05, 3.63) is 35.9 Å². The lowest BCUT2D eigenvalue weighted by Crippen LogP contribution is -2.40. The molecule has 3 nitrogen and oxygen atoms in total. The Morgan fingerprint density at radius 3 is 2.94 bits per heavy atom. The van der Waals surface area contributed by atoms with Gasteiger partial charge in [-0.3, -0.25) is 4.99 Å². The third-order valence-electron chi connectivity index (χ3n) is 3.32. The Labute approximate surface area is 109 Å². The molecule has 2 rings (SSSR count). The molecule has 1 aliphatic rings. The van der Waals surface area contributed by atoms with Crippen molar-refractivity contribution in [2.24, 2.45) is 4.99 Å². The highest BCUT2D eigenvalue weighted by atomic mass is 15.3. The van der Waals surface area contributed by atoms with Gasteiger partial charge in [0.15, 0.2) is 5.96 Å². The number of rotatable bonds is 2. The van der Waals surface area contributed by atoms with Crippen molar-refractivity contribution in [1.82, 2.24) is 10.2 Å². The van der Waals surface area contributed by atoms with Gasteiger partial charge in [-0.05, 0) is 12.0 Å². The van der Waals surface area contributed by atoms with Crippen LogP contribution >= 0.6 is 0 Å². The molecule has 1 atom stereocenters. The van der Waals surface area contributed by atoms with Crippen LogP contribution in [0.4, 0.5) is 0 Å². The third kappa shape index (κ3) is 2.84. The van der Waals surface area contributed by atoms with Crippen molar-refractivity contribution >= 4 is 5.96 Å². The predicted octanol–water partition coefficient (Wildman–Crippen LogP) is 1.68. The SMILES string of the molecule is C#CCNC(=NC)N1CCC(c2ccccc2)C1. The van der Waals surface area contributed by atoms with Gasteiger partial charge >= 0.3 is 0 Å². The molecule has 0 amide bonds. The predicted molar refractivity (Wildman–Crippen MR) is 75.6 cm³/mol. The number of benzene rings is 1. The van der Waals surface area contributed by atoms with Crippen LogP contribution in [-0.2, 0) is 0 Å². The van der Waals surface area contributed by atoms with Crippen LogP contribution in [0.1, 0.15) is 17.9 Å². The maximum absolute atomic E-state index is 5.26. The number of nitrogens with one attached hydrogen (secondary N) is 1. The maximum atomic E-state index is 5.26. The Morgan fingerprint density at radius 2 is 2.28 bits per heavy atom. The summed E-state index contributed by atoms with van der Waals surface area (Å²) in [6.45, 7) is 2.57. The fourth-order valence-corrected chi connectivity index (χ4v) is 2.41. The lowest BCUT2D eigenvalue weighted by Gasteiger charge is -2.20. The Balaban J connectivity index is 1.98. The first-order valence-corrected chi connectivity index (χ1v) is 6.29. The molecular weight excluding hydrogens is 222 g/mol. The number of hydrogen-bond acceptors (Lipinski definition) is 1. The second-order valence-corrected chi connectivity index (χ2v) is 4.45. The summed E-state index contributed by atoms with van der Waals surface area (Å²) in [5.41, 5.74) is 1.41. The standard InChI is InChI=1S/C15H19N3/c1-3-10-17-15(16-2)18-11-9-14(12-18)13-7-5-4-6-8-13/h1,4-8,14H,9-12H2,2H3,(H,16,17). The van der Waals surface area contributed by atoms with E-state index in [4.69, 9.17) is 6.42 Å². The van der Waals surface area contributed by atoms with Crippen molar-refractivity contribution in [3.63, 3.8) is 0 Å². The molecule has 0 aliphatic carbocycles. The van der Waals surface area contributed by atoms with E-state index in [0.29, 0.717) is 12.5 Å². The topological polar surface area (TPSA) is 27.6 Å². The molecule has 0 saturated carbocycles. The smallest absolute Gasteiger partial charge is 0.194 e. The molecule has 18 heavy (non-hydrogen) atoms. The first-order valence-electron chi connectivity index (χ1n) is 6.29. The molecule has 1 heterocycles. The molecule has 1 unspecified atom stereocenters. The van der Waals surface area contributed by atoms with Gasteiger partial charge in [0.05, 0.1) is 6.54 Å². The van der Waals surface area contributed by atoms with Gasteiger partial charge < -0.3 is 10.2 Å². The average Bonchev–Trinajstić information content (AvgIpc) is 2.90. The largest absolute Gasteiger partial charge is 0.345 e. The zero-order valence-electron chi connectivity index (χ0n) is 10.8. The molecule has 0 aromatic heterocycles. The van der Waals surface area contributed by atoms with Crippen LogP contribution in [0.2, 0.25) is 0 Å². The maximum Gasteiger partial charge on any atom is 0.194 e. The highest BCUT2D eigenvalue weighted by Crippen LogP contribution is 2.26. The fourth-order valence-electron chi connectivity index (χ4n) is 2.41. The van der Waals surface area contributed by atoms with Crippen LogP contribution in [0.25, 0.3) is 0 Å². The molecule has 1 N–H and O–H groups in total. The quantitative estimate of drug-likeness (QED) is 0.485. The van der Waals surface area contributed by atoms with Gasteiger partial charge in [-0.1, -0.05) is 36.3 Å². The van der Waals surface area contributed by atoms with E-state index in [0.717, 1.165) is 19.0 Å². The lowest BCUT2D eigenvalue weighted by molar-refractivity contribution is 0.490. The average molecular weight is 241 g/mol. The second kappa shape index (κ2) is 6.11. The van der Waals surface area contributed by atoms with Crippen LogP contribution in [0.15, 0.2) is 35.3 Å². The van der Waals surface area contributed by atoms with Crippen molar-refractivity contribution in [1.29, 1.82) is 0 Å². The Morgan fingerprint density at radius 1 is 1.50 bits per heavy atom. The summed E-state index contributed by atoms with van der Waals surface area (Å²) in [4.78, 5) is 6.54. The van der Waals surface area contributed by atoms with Crippen LogP contribution in [-0.4, -0.2) is 37.5 Å². The number of guanidine groups is 1. The zero-order valence-corrected chi connectivity index (χ0v) is 10.8. The molecule has 0 bridgehead atoms. The van der Waals surface area contributed by atoms with Gasteiger partial charge in [0, 0.05) is 26.1 Å². The summed E-state index contributed by atoms with van der Waals surface area (Å²) < 4.78 is 0. The van der Waals surface area contributed by atoms with Gasteiger partial charge in [-0.2, -0.15) is 0 Å². The molecule has 1 saturated heterocycles. The summed E-state index contributed by atoms with van der Waals surface area (Å²) in [6.07, 6.45) is 6.43. The molecule has 94 valence electrons. The van der Waals surface area contributed by atoms with Crippen LogP contribution < -0.4 is 5.32 Å². The molecule has 3 heteroatoms. The van der Waals surface area contributed by atoms with Crippen LogP contribution in [0.3, 0.4) is 0 Å². The summed E-state index contributed by atoms with van der Waals surface area (Å²) >= 11 is 0. The van der Waals surface area contributed by atoms with E-state index in [2.05, 4.69) is 51.5 Å². The molecule has 0 spiro atoms. The Kier molecular flexibility index (Phi) is 4.25. The summed E-state index contributed by atoms with van der Waals surface area (Å²) in [5.74, 6) is 4.08. The van der Waals surface area contributed by atoms with E-state index in [-0.39, 0.29) is 0 Å². The minimum Gasteiger partial charge on any atom is -0.345 e.